The average Bonchev–Trinajstić information content (AvgIpc) is 2.98. The summed E-state index contributed by atoms with van der Waals surface area (Å²) >= 11 is 0. The van der Waals surface area contributed by atoms with Gasteiger partial charge in [0.15, 0.2) is 0 Å². The summed E-state index contributed by atoms with van der Waals surface area (Å²) in [6.45, 7) is 6.56. The Bertz CT molecular complexity index is 1300. The zero-order valence-corrected chi connectivity index (χ0v) is 17.7. The number of nitrogens with zero attached hydrogens (tertiary/aromatic N) is 3. The Hall–Kier alpha value is -3.38. The number of fused-ring (bicyclic) bond motifs is 4. The van der Waals surface area contributed by atoms with Gasteiger partial charge in [-0.05, 0) is 56.2 Å². The molecule has 2 heterocycles. The number of carbonyl (C=O) groups excluding carboxylic acids is 1. The van der Waals surface area contributed by atoms with E-state index in [1.165, 1.54) is 0 Å². The summed E-state index contributed by atoms with van der Waals surface area (Å²) in [6, 6.07) is 9.18. The topological polar surface area (TPSA) is 70.4 Å². The molecule has 0 fully saturated rings. The molecule has 6 nitrogen and oxygen atoms in total. The molecule has 0 unspecified atom stereocenters. The lowest BCUT2D eigenvalue weighted by molar-refractivity contribution is 0.0936. The highest BCUT2D eigenvalue weighted by Crippen LogP contribution is 2.36. The first-order valence-electron chi connectivity index (χ1n) is 9.89. The van der Waals surface area contributed by atoms with E-state index < -0.39 is 0 Å². The third kappa shape index (κ3) is 3.19. The summed E-state index contributed by atoms with van der Waals surface area (Å²) in [5, 5.41) is 16.8. The first-order valence-corrected chi connectivity index (χ1v) is 9.89. The fourth-order valence-corrected chi connectivity index (χ4v) is 4.26. The molecule has 0 spiro atoms. The van der Waals surface area contributed by atoms with E-state index in [2.05, 4.69) is 28.4 Å². The zero-order valence-electron chi connectivity index (χ0n) is 17.7. The van der Waals surface area contributed by atoms with Gasteiger partial charge < -0.3 is 19.9 Å². The van der Waals surface area contributed by atoms with Crippen molar-refractivity contribution < 1.29 is 9.90 Å². The Morgan fingerprint density at radius 1 is 1.23 bits per heavy atom. The molecule has 1 atom stereocenters. The molecule has 0 saturated heterocycles. The predicted octanol–water partition coefficient (Wildman–Crippen LogP) is 3.74. The monoisotopic (exact) mass is 402 g/mol. The van der Waals surface area contributed by atoms with Gasteiger partial charge in [-0.1, -0.05) is 6.08 Å². The van der Waals surface area contributed by atoms with E-state index in [4.69, 9.17) is 0 Å². The van der Waals surface area contributed by atoms with Crippen molar-refractivity contribution in [2.45, 2.75) is 13.0 Å². The van der Waals surface area contributed by atoms with Crippen LogP contribution < -0.4 is 5.32 Å². The molecular weight excluding hydrogens is 376 g/mol. The second-order valence-corrected chi connectivity index (χ2v) is 7.99. The third-order valence-corrected chi connectivity index (χ3v) is 5.64. The normalized spacial score (nSPS) is 12.7. The number of hydrogen-bond acceptors (Lipinski definition) is 4. The molecule has 0 bridgehead atoms. The van der Waals surface area contributed by atoms with Crippen LogP contribution in [0, 0.1) is 6.92 Å². The SMILES string of the molecule is C=C[C@H](CN(C)C)NC(=O)c1nccc2c(C)c3c(cc12)c1ccc(O)cc1n3C. The van der Waals surface area contributed by atoms with Crippen LogP contribution in [0.2, 0.25) is 0 Å². The highest BCUT2D eigenvalue weighted by molar-refractivity contribution is 6.17. The molecule has 0 radical (unpaired) electrons. The van der Waals surface area contributed by atoms with E-state index in [1.54, 1.807) is 24.4 Å². The number of rotatable bonds is 5. The second-order valence-electron chi connectivity index (χ2n) is 7.99. The molecule has 0 saturated carbocycles. The van der Waals surface area contributed by atoms with Crippen LogP contribution in [-0.4, -0.2) is 52.1 Å². The number of hydrogen-bond donors (Lipinski definition) is 2. The molecular formula is C24H26N4O2. The fraction of sp³-hybridized carbons (Fsp3) is 0.250. The molecule has 4 aromatic rings. The van der Waals surface area contributed by atoms with E-state index in [-0.39, 0.29) is 17.7 Å². The Morgan fingerprint density at radius 3 is 2.70 bits per heavy atom. The van der Waals surface area contributed by atoms with Crippen LogP contribution in [0.15, 0.2) is 49.2 Å². The van der Waals surface area contributed by atoms with Crippen molar-refractivity contribution in [3.8, 4) is 5.75 Å². The average molecular weight is 402 g/mol. The van der Waals surface area contributed by atoms with Crippen LogP contribution in [0.3, 0.4) is 0 Å². The van der Waals surface area contributed by atoms with Gasteiger partial charge in [-0.2, -0.15) is 0 Å². The van der Waals surface area contributed by atoms with Crippen molar-refractivity contribution in [1.29, 1.82) is 0 Å². The number of aryl methyl sites for hydroxylation is 2. The Kier molecular flexibility index (Phi) is 4.95. The number of pyridine rings is 1. The van der Waals surface area contributed by atoms with Crippen molar-refractivity contribution in [2.75, 3.05) is 20.6 Å². The van der Waals surface area contributed by atoms with Crippen molar-refractivity contribution >= 4 is 38.5 Å². The van der Waals surface area contributed by atoms with Crippen molar-refractivity contribution in [1.82, 2.24) is 19.8 Å². The summed E-state index contributed by atoms with van der Waals surface area (Å²) in [5.74, 6) is 0.0117. The highest BCUT2D eigenvalue weighted by atomic mass is 16.3. The molecule has 6 heteroatoms. The van der Waals surface area contributed by atoms with Gasteiger partial charge in [0.1, 0.15) is 11.4 Å². The minimum absolute atomic E-state index is 0.171. The second kappa shape index (κ2) is 7.46. The minimum atomic E-state index is -0.219. The van der Waals surface area contributed by atoms with Crippen molar-refractivity contribution in [3.05, 3.63) is 60.4 Å². The van der Waals surface area contributed by atoms with Gasteiger partial charge in [-0.15, -0.1) is 6.58 Å². The summed E-state index contributed by atoms with van der Waals surface area (Å²) in [5.41, 5.74) is 3.50. The van der Waals surface area contributed by atoms with Crippen LogP contribution in [0.5, 0.6) is 5.75 Å². The molecule has 0 aliphatic rings. The molecule has 0 aliphatic heterocycles. The van der Waals surface area contributed by atoms with Gasteiger partial charge in [-0.3, -0.25) is 9.78 Å². The summed E-state index contributed by atoms with van der Waals surface area (Å²) < 4.78 is 2.09. The maximum atomic E-state index is 13.1. The number of phenolic OH excluding ortho intramolecular Hbond substituents is 1. The number of benzene rings is 2. The number of aromatic nitrogens is 2. The number of amides is 1. The largest absolute Gasteiger partial charge is 0.508 e. The smallest absolute Gasteiger partial charge is 0.271 e. The molecule has 154 valence electrons. The van der Waals surface area contributed by atoms with E-state index in [0.717, 1.165) is 38.1 Å². The fourth-order valence-electron chi connectivity index (χ4n) is 4.26. The van der Waals surface area contributed by atoms with Crippen LogP contribution in [0.25, 0.3) is 32.6 Å². The van der Waals surface area contributed by atoms with Crippen LogP contribution >= 0.6 is 0 Å². The van der Waals surface area contributed by atoms with Gasteiger partial charge in [0.25, 0.3) is 5.91 Å². The van der Waals surface area contributed by atoms with Crippen molar-refractivity contribution in [3.63, 3.8) is 0 Å². The van der Waals surface area contributed by atoms with Gasteiger partial charge >= 0.3 is 0 Å². The van der Waals surface area contributed by atoms with Crippen LogP contribution in [0.4, 0.5) is 0 Å². The van der Waals surface area contributed by atoms with Crippen LogP contribution in [-0.2, 0) is 7.05 Å². The quantitative estimate of drug-likeness (QED) is 0.499. The molecule has 0 aliphatic carbocycles. The van der Waals surface area contributed by atoms with E-state index in [0.29, 0.717) is 12.2 Å². The van der Waals surface area contributed by atoms with E-state index >= 15 is 0 Å². The van der Waals surface area contributed by atoms with Crippen LogP contribution in [0.1, 0.15) is 16.1 Å². The highest BCUT2D eigenvalue weighted by Gasteiger charge is 2.19. The molecule has 2 aromatic heterocycles. The number of carbonyl (C=O) groups is 1. The number of aromatic hydroxyl groups is 1. The Morgan fingerprint density at radius 2 is 2.00 bits per heavy atom. The summed E-state index contributed by atoms with van der Waals surface area (Å²) in [4.78, 5) is 19.5. The number of nitrogens with one attached hydrogen (secondary N) is 1. The van der Waals surface area contributed by atoms with E-state index in [1.807, 2.05) is 44.2 Å². The zero-order chi connectivity index (χ0) is 21.6. The standard InChI is InChI=1S/C24H26N4O2/c1-6-15(13-27(3)4)26-24(30)22-19-12-20-18-8-7-16(29)11-21(18)28(5)23(20)14(2)17(19)9-10-25-22/h6-12,15,29H,1,13H2,2-5H3,(H,26,30)/t15-/m1/s1. The number of likely N-dealkylation sites (N-methyl/N-ethyl adjacent to an activating group) is 1. The van der Waals surface area contributed by atoms with Crippen molar-refractivity contribution in [2.24, 2.45) is 7.05 Å². The molecule has 1 amide bonds. The number of phenols is 1. The predicted molar refractivity (Wildman–Crippen MR) is 122 cm³/mol. The third-order valence-electron chi connectivity index (χ3n) is 5.64. The van der Waals surface area contributed by atoms with Gasteiger partial charge in [-0.25, -0.2) is 0 Å². The minimum Gasteiger partial charge on any atom is -0.508 e. The maximum absolute atomic E-state index is 13.1. The molecule has 2 N–H and O–H groups in total. The van der Waals surface area contributed by atoms with Gasteiger partial charge in [0, 0.05) is 42.0 Å². The molecule has 2 aromatic carbocycles. The first kappa shape index (κ1) is 19.9. The van der Waals surface area contributed by atoms with Gasteiger partial charge in [0.05, 0.1) is 17.1 Å². The lowest BCUT2D eigenvalue weighted by Crippen LogP contribution is -2.40. The maximum Gasteiger partial charge on any atom is 0.271 e. The Labute approximate surface area is 175 Å². The summed E-state index contributed by atoms with van der Waals surface area (Å²) in [7, 11) is 5.90. The lowest BCUT2D eigenvalue weighted by atomic mass is 10.00. The van der Waals surface area contributed by atoms with E-state index in [9.17, 15) is 9.90 Å². The summed E-state index contributed by atoms with van der Waals surface area (Å²) in [6.07, 6.45) is 3.42. The molecule has 4 rings (SSSR count). The molecule has 30 heavy (non-hydrogen) atoms. The lowest BCUT2D eigenvalue weighted by Gasteiger charge is -2.19. The Balaban J connectivity index is 1.92. The first-order chi connectivity index (χ1) is 14.3. The van der Waals surface area contributed by atoms with Gasteiger partial charge in [0.2, 0.25) is 0 Å².